The summed E-state index contributed by atoms with van der Waals surface area (Å²) in [6.07, 6.45) is 1.97. The van der Waals surface area contributed by atoms with Gasteiger partial charge in [0.15, 0.2) is 5.82 Å². The molecular formula is C18H25Cl2N5O3. The Morgan fingerprint density at radius 3 is 2.61 bits per heavy atom. The van der Waals surface area contributed by atoms with Gasteiger partial charge in [0.25, 0.3) is 11.8 Å². The number of piperidine rings is 1. The van der Waals surface area contributed by atoms with Crippen molar-refractivity contribution in [1.82, 2.24) is 19.8 Å². The van der Waals surface area contributed by atoms with Crippen LogP contribution in [0.2, 0.25) is 0 Å². The van der Waals surface area contributed by atoms with Gasteiger partial charge in [0, 0.05) is 25.7 Å². The SMILES string of the molecule is Cl.Cl.NC(=O)c1nc2c(C(=O)N3CCOCC3)cccc2n1C1CCCNC1. The number of aromatic nitrogens is 2. The third-order valence-corrected chi connectivity index (χ3v) is 5.11. The number of nitrogens with zero attached hydrogens (tertiary/aromatic N) is 3. The van der Waals surface area contributed by atoms with Crippen LogP contribution in [0.3, 0.4) is 0 Å². The van der Waals surface area contributed by atoms with Crippen molar-refractivity contribution in [2.24, 2.45) is 5.73 Å². The first kappa shape index (κ1) is 22.4. The lowest BCUT2D eigenvalue weighted by Crippen LogP contribution is -2.40. The van der Waals surface area contributed by atoms with Crippen LogP contribution in [-0.2, 0) is 4.74 Å². The number of benzene rings is 1. The van der Waals surface area contributed by atoms with Crippen molar-refractivity contribution in [2.75, 3.05) is 39.4 Å². The van der Waals surface area contributed by atoms with Crippen LogP contribution in [0.15, 0.2) is 18.2 Å². The van der Waals surface area contributed by atoms with E-state index in [2.05, 4.69) is 10.3 Å². The highest BCUT2D eigenvalue weighted by molar-refractivity contribution is 6.06. The van der Waals surface area contributed by atoms with E-state index in [0.717, 1.165) is 31.4 Å². The number of rotatable bonds is 3. The van der Waals surface area contributed by atoms with Crippen LogP contribution in [0.25, 0.3) is 11.0 Å². The summed E-state index contributed by atoms with van der Waals surface area (Å²) in [6, 6.07) is 5.61. The smallest absolute Gasteiger partial charge is 0.284 e. The van der Waals surface area contributed by atoms with Gasteiger partial charge in [-0.1, -0.05) is 6.07 Å². The molecule has 0 radical (unpaired) electrons. The van der Waals surface area contributed by atoms with E-state index in [1.165, 1.54) is 0 Å². The van der Waals surface area contributed by atoms with Crippen molar-refractivity contribution >= 4 is 47.7 Å². The second-order valence-electron chi connectivity index (χ2n) is 6.75. The summed E-state index contributed by atoms with van der Waals surface area (Å²) in [5, 5.41) is 3.35. The number of halogens is 2. The zero-order valence-electron chi connectivity index (χ0n) is 15.4. The van der Waals surface area contributed by atoms with E-state index < -0.39 is 5.91 Å². The standard InChI is InChI=1S/C18H23N5O3.2ClH/c19-16(24)17-21-15-13(18(25)22-7-9-26-10-8-22)4-1-5-14(15)23(17)12-3-2-6-20-11-12;;/h1,4-5,12,20H,2-3,6-11H2,(H2,19,24);2*1H. The number of morpholine rings is 1. The molecule has 2 fully saturated rings. The van der Waals surface area contributed by atoms with E-state index in [-0.39, 0.29) is 42.6 Å². The van der Waals surface area contributed by atoms with Crippen molar-refractivity contribution in [1.29, 1.82) is 0 Å². The number of para-hydroxylation sites is 1. The molecule has 1 aromatic carbocycles. The molecule has 2 amide bonds. The van der Waals surface area contributed by atoms with Crippen molar-refractivity contribution in [3.63, 3.8) is 0 Å². The highest BCUT2D eigenvalue weighted by Crippen LogP contribution is 2.28. The minimum absolute atomic E-state index is 0. The van der Waals surface area contributed by atoms with Gasteiger partial charge in [0.2, 0.25) is 0 Å². The van der Waals surface area contributed by atoms with Gasteiger partial charge in [0.1, 0.15) is 5.52 Å². The highest BCUT2D eigenvalue weighted by Gasteiger charge is 2.27. The number of amides is 2. The summed E-state index contributed by atoms with van der Waals surface area (Å²) < 4.78 is 7.23. The zero-order valence-corrected chi connectivity index (χ0v) is 17.1. The Balaban J connectivity index is 0.00000140. The van der Waals surface area contributed by atoms with Crippen LogP contribution in [0, 0.1) is 0 Å². The monoisotopic (exact) mass is 429 g/mol. The lowest BCUT2D eigenvalue weighted by molar-refractivity contribution is 0.0304. The lowest BCUT2D eigenvalue weighted by atomic mass is 10.1. The number of carbonyl (C=O) groups is 2. The Bertz CT molecular complexity index is 845. The quantitative estimate of drug-likeness (QED) is 0.766. The first-order valence-electron chi connectivity index (χ1n) is 9.05. The molecule has 1 atom stereocenters. The number of hydrogen-bond acceptors (Lipinski definition) is 5. The van der Waals surface area contributed by atoms with Crippen LogP contribution in [-0.4, -0.2) is 65.7 Å². The fourth-order valence-electron chi connectivity index (χ4n) is 3.82. The van der Waals surface area contributed by atoms with E-state index in [4.69, 9.17) is 10.5 Å². The van der Waals surface area contributed by atoms with Gasteiger partial charge in [-0.05, 0) is 31.5 Å². The maximum Gasteiger partial charge on any atom is 0.284 e. The Labute approximate surface area is 175 Å². The Kier molecular flexibility index (Phi) is 7.65. The maximum atomic E-state index is 13.0. The molecule has 0 spiro atoms. The fourth-order valence-corrected chi connectivity index (χ4v) is 3.82. The Hall–Kier alpha value is -1.87. The first-order chi connectivity index (χ1) is 12.7. The molecule has 2 aromatic rings. The third kappa shape index (κ3) is 4.10. The van der Waals surface area contributed by atoms with Crippen LogP contribution in [0.5, 0.6) is 0 Å². The first-order valence-corrected chi connectivity index (χ1v) is 9.05. The predicted octanol–water partition coefficient (Wildman–Crippen LogP) is 1.38. The largest absolute Gasteiger partial charge is 0.378 e. The third-order valence-electron chi connectivity index (χ3n) is 5.11. The van der Waals surface area contributed by atoms with Crippen LogP contribution in [0.1, 0.15) is 39.9 Å². The maximum absolute atomic E-state index is 13.0. The lowest BCUT2D eigenvalue weighted by Gasteiger charge is -2.27. The molecule has 8 nitrogen and oxygen atoms in total. The molecular weight excluding hydrogens is 405 g/mol. The molecule has 28 heavy (non-hydrogen) atoms. The Morgan fingerprint density at radius 2 is 1.96 bits per heavy atom. The van der Waals surface area contributed by atoms with Crippen molar-refractivity contribution in [3.05, 3.63) is 29.6 Å². The van der Waals surface area contributed by atoms with E-state index in [0.29, 0.717) is 37.4 Å². The minimum Gasteiger partial charge on any atom is -0.378 e. The number of hydrogen-bond donors (Lipinski definition) is 2. The topological polar surface area (TPSA) is 102 Å². The second-order valence-corrected chi connectivity index (χ2v) is 6.75. The summed E-state index contributed by atoms with van der Waals surface area (Å²) in [6.45, 7) is 3.92. The fraction of sp³-hybridized carbons (Fsp3) is 0.500. The average Bonchev–Trinajstić information content (AvgIpc) is 3.09. The number of nitrogens with two attached hydrogens (primary N) is 1. The van der Waals surface area contributed by atoms with E-state index in [1.54, 1.807) is 11.0 Å². The van der Waals surface area contributed by atoms with Gasteiger partial charge in [-0.15, -0.1) is 24.8 Å². The molecule has 0 aliphatic carbocycles. The summed E-state index contributed by atoms with van der Waals surface area (Å²) >= 11 is 0. The zero-order chi connectivity index (χ0) is 18.1. The normalized spacial score (nSPS) is 19.6. The summed E-state index contributed by atoms with van der Waals surface area (Å²) in [4.78, 5) is 31.2. The molecule has 3 heterocycles. The van der Waals surface area contributed by atoms with Gasteiger partial charge in [0.05, 0.1) is 24.3 Å². The van der Waals surface area contributed by atoms with Gasteiger partial charge in [-0.25, -0.2) is 4.98 Å². The van der Waals surface area contributed by atoms with Crippen LogP contribution < -0.4 is 11.1 Å². The number of imidazole rings is 1. The molecule has 4 rings (SSSR count). The number of primary amides is 1. The number of carbonyl (C=O) groups excluding carboxylic acids is 2. The number of ether oxygens (including phenoxy) is 1. The Morgan fingerprint density at radius 1 is 1.21 bits per heavy atom. The molecule has 3 N–H and O–H groups in total. The summed E-state index contributed by atoms with van der Waals surface area (Å²) in [5.41, 5.74) is 7.44. The summed E-state index contributed by atoms with van der Waals surface area (Å²) in [5.74, 6) is -0.436. The van der Waals surface area contributed by atoms with E-state index in [1.807, 2.05) is 16.7 Å². The van der Waals surface area contributed by atoms with E-state index >= 15 is 0 Å². The average molecular weight is 430 g/mol. The second kappa shape index (κ2) is 9.56. The minimum atomic E-state index is -0.573. The van der Waals surface area contributed by atoms with Crippen molar-refractivity contribution in [2.45, 2.75) is 18.9 Å². The molecule has 0 saturated carbocycles. The molecule has 2 saturated heterocycles. The van der Waals surface area contributed by atoms with Crippen molar-refractivity contribution in [3.8, 4) is 0 Å². The van der Waals surface area contributed by atoms with Crippen LogP contribution in [0.4, 0.5) is 0 Å². The summed E-state index contributed by atoms with van der Waals surface area (Å²) in [7, 11) is 0. The molecule has 1 aromatic heterocycles. The molecule has 1 unspecified atom stereocenters. The number of nitrogens with one attached hydrogen (secondary N) is 1. The highest BCUT2D eigenvalue weighted by atomic mass is 35.5. The molecule has 0 bridgehead atoms. The van der Waals surface area contributed by atoms with Gasteiger partial charge in [-0.3, -0.25) is 9.59 Å². The van der Waals surface area contributed by atoms with E-state index in [9.17, 15) is 9.59 Å². The number of fused-ring (bicyclic) bond motifs is 1. The van der Waals surface area contributed by atoms with Crippen LogP contribution >= 0.6 is 24.8 Å². The van der Waals surface area contributed by atoms with Gasteiger partial charge in [-0.2, -0.15) is 0 Å². The molecule has 2 aliphatic heterocycles. The van der Waals surface area contributed by atoms with Gasteiger partial charge >= 0.3 is 0 Å². The molecule has 2 aliphatic rings. The predicted molar refractivity (Wildman–Crippen MR) is 111 cm³/mol. The molecule has 154 valence electrons. The van der Waals surface area contributed by atoms with Crippen molar-refractivity contribution < 1.29 is 14.3 Å². The van der Waals surface area contributed by atoms with Gasteiger partial charge < -0.3 is 25.3 Å². The molecule has 10 heteroatoms.